The number of thiocarbonyl (C=S) groups is 1. The van der Waals surface area contributed by atoms with Crippen molar-refractivity contribution in [3.05, 3.63) is 66.2 Å². The van der Waals surface area contributed by atoms with Gasteiger partial charge in [-0.25, -0.2) is 0 Å². The van der Waals surface area contributed by atoms with Crippen molar-refractivity contribution in [3.8, 4) is 0 Å². The van der Waals surface area contributed by atoms with Crippen LogP contribution in [0.4, 0.5) is 5.69 Å². The average Bonchev–Trinajstić information content (AvgIpc) is 2.53. The van der Waals surface area contributed by atoms with Gasteiger partial charge >= 0.3 is 0 Å². The number of benzene rings is 2. The molecule has 3 nitrogen and oxygen atoms in total. The van der Waals surface area contributed by atoms with Crippen molar-refractivity contribution in [3.63, 3.8) is 0 Å². The maximum Gasteiger partial charge on any atom is 0.173 e. The van der Waals surface area contributed by atoms with E-state index < -0.39 is 0 Å². The van der Waals surface area contributed by atoms with Gasteiger partial charge in [0.1, 0.15) is 0 Å². The van der Waals surface area contributed by atoms with Crippen LogP contribution >= 0.6 is 12.2 Å². The Balaban J connectivity index is 2.02. The lowest BCUT2D eigenvalue weighted by molar-refractivity contribution is 0.175. The number of para-hydroxylation sites is 1. The molecule has 0 aliphatic rings. The second-order valence-corrected chi connectivity index (χ2v) is 5.08. The zero-order valence-electron chi connectivity index (χ0n) is 12.2. The first-order valence-corrected chi connectivity index (χ1v) is 7.34. The molecule has 0 saturated carbocycles. The Morgan fingerprint density at radius 2 is 1.67 bits per heavy atom. The van der Waals surface area contributed by atoms with Gasteiger partial charge < -0.3 is 15.0 Å². The molecule has 0 aliphatic carbocycles. The van der Waals surface area contributed by atoms with Crippen LogP contribution in [-0.4, -0.2) is 30.3 Å². The minimum Gasteiger partial charge on any atom is -0.383 e. The first-order chi connectivity index (χ1) is 10.3. The third-order valence-corrected chi connectivity index (χ3v) is 3.45. The maximum absolute atomic E-state index is 5.53. The molecule has 2 aromatic carbocycles. The summed E-state index contributed by atoms with van der Waals surface area (Å²) < 4.78 is 5.18. The number of ether oxygens (including phenoxy) is 1. The van der Waals surface area contributed by atoms with E-state index in [0.717, 1.165) is 18.8 Å². The van der Waals surface area contributed by atoms with Crippen molar-refractivity contribution in [1.29, 1.82) is 0 Å². The third-order valence-electron chi connectivity index (χ3n) is 3.09. The molecule has 2 rings (SSSR count). The van der Waals surface area contributed by atoms with Crippen molar-refractivity contribution in [1.82, 2.24) is 4.90 Å². The highest BCUT2D eigenvalue weighted by Gasteiger charge is 2.10. The summed E-state index contributed by atoms with van der Waals surface area (Å²) in [6, 6.07) is 20.3. The largest absolute Gasteiger partial charge is 0.383 e. The van der Waals surface area contributed by atoms with Crippen molar-refractivity contribution in [2.75, 3.05) is 25.6 Å². The minimum atomic E-state index is 0.642. The van der Waals surface area contributed by atoms with Gasteiger partial charge in [-0.15, -0.1) is 0 Å². The van der Waals surface area contributed by atoms with Gasteiger partial charge in [0.15, 0.2) is 5.11 Å². The molecule has 0 heterocycles. The smallest absolute Gasteiger partial charge is 0.173 e. The van der Waals surface area contributed by atoms with Crippen LogP contribution in [0.25, 0.3) is 0 Å². The van der Waals surface area contributed by atoms with Gasteiger partial charge in [-0.05, 0) is 29.9 Å². The first-order valence-electron chi connectivity index (χ1n) is 6.93. The normalized spacial score (nSPS) is 10.1. The zero-order valence-corrected chi connectivity index (χ0v) is 13.0. The molecule has 110 valence electrons. The SMILES string of the molecule is COCCN(Cc1ccccc1)C(=S)Nc1ccccc1. The molecular weight excluding hydrogens is 280 g/mol. The lowest BCUT2D eigenvalue weighted by Crippen LogP contribution is -2.36. The molecule has 0 aromatic heterocycles. The van der Waals surface area contributed by atoms with Crippen LogP contribution < -0.4 is 5.32 Å². The quantitative estimate of drug-likeness (QED) is 0.825. The van der Waals surface area contributed by atoms with Crippen LogP contribution in [0.2, 0.25) is 0 Å². The fraction of sp³-hybridized carbons (Fsp3) is 0.235. The molecule has 0 radical (unpaired) electrons. The Morgan fingerprint density at radius 3 is 2.29 bits per heavy atom. The standard InChI is InChI=1S/C17H20N2OS/c1-20-13-12-19(14-15-8-4-2-5-9-15)17(21)18-16-10-6-3-7-11-16/h2-11H,12-14H2,1H3,(H,18,21). The highest BCUT2D eigenvalue weighted by molar-refractivity contribution is 7.80. The molecule has 0 fully saturated rings. The maximum atomic E-state index is 5.53. The van der Waals surface area contributed by atoms with E-state index in [1.807, 2.05) is 48.5 Å². The molecule has 1 N–H and O–H groups in total. The van der Waals surface area contributed by atoms with E-state index in [9.17, 15) is 0 Å². The Hall–Kier alpha value is -1.91. The van der Waals surface area contributed by atoms with Gasteiger partial charge in [-0.2, -0.15) is 0 Å². The Bertz CT molecular complexity index is 545. The molecule has 0 atom stereocenters. The van der Waals surface area contributed by atoms with Gasteiger partial charge in [-0.3, -0.25) is 0 Å². The second-order valence-electron chi connectivity index (χ2n) is 4.70. The summed E-state index contributed by atoms with van der Waals surface area (Å²) in [6.07, 6.45) is 0. The highest BCUT2D eigenvalue weighted by atomic mass is 32.1. The Labute approximate surface area is 131 Å². The van der Waals surface area contributed by atoms with Gasteiger partial charge in [0, 0.05) is 25.9 Å². The topological polar surface area (TPSA) is 24.5 Å². The van der Waals surface area contributed by atoms with Gasteiger partial charge in [0.2, 0.25) is 0 Å². The molecule has 2 aromatic rings. The van der Waals surface area contributed by atoms with Crippen LogP contribution in [-0.2, 0) is 11.3 Å². The summed E-state index contributed by atoms with van der Waals surface area (Å²) in [6.45, 7) is 2.16. The molecular formula is C17H20N2OS. The van der Waals surface area contributed by atoms with Crippen molar-refractivity contribution in [2.45, 2.75) is 6.54 Å². The summed E-state index contributed by atoms with van der Waals surface area (Å²) in [4.78, 5) is 2.11. The molecule has 0 unspecified atom stereocenters. The summed E-state index contributed by atoms with van der Waals surface area (Å²) in [5.74, 6) is 0. The predicted octanol–water partition coefficient (Wildman–Crippen LogP) is 3.53. The first kappa shape index (κ1) is 15.5. The van der Waals surface area contributed by atoms with E-state index in [-0.39, 0.29) is 0 Å². The zero-order chi connectivity index (χ0) is 14.9. The van der Waals surface area contributed by atoms with Crippen LogP contribution in [0.3, 0.4) is 0 Å². The van der Waals surface area contributed by atoms with E-state index in [4.69, 9.17) is 17.0 Å². The predicted molar refractivity (Wildman–Crippen MR) is 91.4 cm³/mol. The van der Waals surface area contributed by atoms with Crippen LogP contribution in [0.15, 0.2) is 60.7 Å². The Kier molecular flexibility index (Phi) is 6.19. The lowest BCUT2D eigenvalue weighted by Gasteiger charge is -2.25. The summed E-state index contributed by atoms with van der Waals surface area (Å²) in [5.41, 5.74) is 2.23. The molecule has 0 bridgehead atoms. The van der Waals surface area contributed by atoms with Crippen LogP contribution in [0.1, 0.15) is 5.56 Å². The molecule has 0 aliphatic heterocycles. The molecule has 21 heavy (non-hydrogen) atoms. The third kappa shape index (κ3) is 5.17. The second kappa shape index (κ2) is 8.39. The van der Waals surface area contributed by atoms with Crippen molar-refractivity contribution in [2.24, 2.45) is 0 Å². The van der Waals surface area contributed by atoms with Crippen LogP contribution in [0, 0.1) is 0 Å². The van der Waals surface area contributed by atoms with Crippen molar-refractivity contribution >= 4 is 23.0 Å². The number of nitrogens with one attached hydrogen (secondary N) is 1. The number of anilines is 1. The summed E-state index contributed by atoms with van der Waals surface area (Å²) in [7, 11) is 1.70. The van der Waals surface area contributed by atoms with Crippen LogP contribution in [0.5, 0.6) is 0 Å². The fourth-order valence-corrected chi connectivity index (χ4v) is 2.26. The molecule has 4 heteroatoms. The fourth-order valence-electron chi connectivity index (χ4n) is 1.98. The van der Waals surface area contributed by atoms with Gasteiger partial charge in [0.05, 0.1) is 6.61 Å². The minimum absolute atomic E-state index is 0.642. The van der Waals surface area contributed by atoms with Gasteiger partial charge in [-0.1, -0.05) is 48.5 Å². The number of methoxy groups -OCH3 is 1. The Morgan fingerprint density at radius 1 is 1.05 bits per heavy atom. The van der Waals surface area contributed by atoms with E-state index >= 15 is 0 Å². The van der Waals surface area contributed by atoms with E-state index in [2.05, 4.69) is 22.3 Å². The van der Waals surface area contributed by atoms with E-state index in [1.165, 1.54) is 5.56 Å². The highest BCUT2D eigenvalue weighted by Crippen LogP contribution is 2.10. The summed E-state index contributed by atoms with van der Waals surface area (Å²) >= 11 is 5.53. The molecule has 0 amide bonds. The lowest BCUT2D eigenvalue weighted by atomic mass is 10.2. The average molecular weight is 300 g/mol. The number of nitrogens with zero attached hydrogens (tertiary/aromatic N) is 1. The number of rotatable bonds is 6. The van der Waals surface area contributed by atoms with Crippen molar-refractivity contribution < 1.29 is 4.74 Å². The number of hydrogen-bond acceptors (Lipinski definition) is 2. The van der Waals surface area contributed by atoms with E-state index in [0.29, 0.717) is 11.7 Å². The summed E-state index contributed by atoms with van der Waals surface area (Å²) in [5, 5.41) is 3.98. The van der Waals surface area contributed by atoms with Gasteiger partial charge in [0.25, 0.3) is 0 Å². The monoisotopic (exact) mass is 300 g/mol. The number of hydrogen-bond donors (Lipinski definition) is 1. The molecule has 0 spiro atoms. The molecule has 0 saturated heterocycles. The van der Waals surface area contributed by atoms with E-state index in [1.54, 1.807) is 7.11 Å².